The van der Waals surface area contributed by atoms with Gasteiger partial charge in [-0.3, -0.25) is 9.59 Å². The molecule has 0 saturated heterocycles. The standard InChI is InChI=1S/C20H19F3N6O3S/c1-2-32-13-9-7-12(8-10-13)25-17(31)14-5-3-4-6-15(14)26-16(30)11-33-19-28-27-18(29(19)24)20(21,22)23/h3-10H,2,11,24H2,1H3,(H,25,31)(H,26,30). The van der Waals surface area contributed by atoms with Crippen LogP contribution in [0.25, 0.3) is 0 Å². The van der Waals surface area contributed by atoms with E-state index in [0.717, 1.165) is 0 Å². The van der Waals surface area contributed by atoms with Crippen molar-refractivity contribution in [3.8, 4) is 5.75 Å². The highest BCUT2D eigenvalue weighted by molar-refractivity contribution is 7.99. The van der Waals surface area contributed by atoms with Gasteiger partial charge in [0.05, 0.1) is 23.6 Å². The molecular formula is C20H19F3N6O3S. The van der Waals surface area contributed by atoms with Gasteiger partial charge in [-0.2, -0.15) is 13.2 Å². The van der Waals surface area contributed by atoms with Gasteiger partial charge in [-0.15, -0.1) is 10.2 Å². The van der Waals surface area contributed by atoms with Crippen molar-refractivity contribution in [2.24, 2.45) is 0 Å². The molecule has 0 aliphatic carbocycles. The van der Waals surface area contributed by atoms with Crippen LogP contribution < -0.4 is 21.2 Å². The Morgan fingerprint density at radius 1 is 1.09 bits per heavy atom. The number of aromatic nitrogens is 3. The summed E-state index contributed by atoms with van der Waals surface area (Å²) < 4.78 is 43.9. The molecule has 1 aromatic heterocycles. The SMILES string of the molecule is CCOc1ccc(NC(=O)c2ccccc2NC(=O)CSc2nnc(C(F)(F)F)n2N)cc1. The van der Waals surface area contributed by atoms with Gasteiger partial charge in [0.15, 0.2) is 0 Å². The average Bonchev–Trinajstić information content (AvgIpc) is 3.15. The van der Waals surface area contributed by atoms with Gasteiger partial charge in [-0.1, -0.05) is 23.9 Å². The predicted octanol–water partition coefficient (Wildman–Crippen LogP) is 3.39. The Hall–Kier alpha value is -3.74. The molecule has 0 bridgehead atoms. The van der Waals surface area contributed by atoms with Gasteiger partial charge < -0.3 is 21.2 Å². The van der Waals surface area contributed by atoms with Crippen molar-refractivity contribution in [3.05, 3.63) is 59.9 Å². The zero-order chi connectivity index (χ0) is 24.0. The number of amides is 2. The number of ether oxygens (including phenoxy) is 1. The van der Waals surface area contributed by atoms with E-state index in [1.165, 1.54) is 12.1 Å². The van der Waals surface area contributed by atoms with E-state index in [2.05, 4.69) is 20.8 Å². The normalized spacial score (nSPS) is 11.2. The first-order chi connectivity index (χ1) is 15.7. The molecule has 0 aliphatic heterocycles. The van der Waals surface area contributed by atoms with Crippen molar-refractivity contribution >= 4 is 35.0 Å². The highest BCUT2D eigenvalue weighted by atomic mass is 32.2. The molecule has 1 heterocycles. The summed E-state index contributed by atoms with van der Waals surface area (Å²) in [5, 5.41) is 11.4. The summed E-state index contributed by atoms with van der Waals surface area (Å²) in [4.78, 5) is 25.0. The smallest absolute Gasteiger partial charge is 0.453 e. The third kappa shape index (κ3) is 6.16. The van der Waals surface area contributed by atoms with Crippen LogP contribution in [0.3, 0.4) is 0 Å². The molecule has 4 N–H and O–H groups in total. The number of benzene rings is 2. The maximum atomic E-state index is 12.7. The fourth-order valence-corrected chi connectivity index (χ4v) is 3.33. The predicted molar refractivity (Wildman–Crippen MR) is 117 cm³/mol. The molecule has 9 nitrogen and oxygen atoms in total. The number of alkyl halides is 3. The van der Waals surface area contributed by atoms with Gasteiger partial charge in [0, 0.05) is 5.69 Å². The van der Waals surface area contributed by atoms with Crippen molar-refractivity contribution in [2.75, 3.05) is 28.8 Å². The van der Waals surface area contributed by atoms with Gasteiger partial charge in [0.25, 0.3) is 11.7 Å². The molecule has 2 amide bonds. The molecule has 0 aliphatic rings. The van der Waals surface area contributed by atoms with Crippen LogP contribution in [-0.4, -0.2) is 39.0 Å². The Morgan fingerprint density at radius 2 is 1.79 bits per heavy atom. The number of nitrogens with zero attached hydrogens (tertiary/aromatic N) is 3. The molecule has 0 atom stereocenters. The number of nitrogen functional groups attached to an aromatic ring is 1. The van der Waals surface area contributed by atoms with Gasteiger partial charge in [0.2, 0.25) is 11.1 Å². The van der Waals surface area contributed by atoms with Gasteiger partial charge in [-0.05, 0) is 43.3 Å². The van der Waals surface area contributed by atoms with E-state index < -0.39 is 23.8 Å². The zero-order valence-corrected chi connectivity index (χ0v) is 18.0. The summed E-state index contributed by atoms with van der Waals surface area (Å²) in [6.07, 6.45) is -4.77. The first-order valence-corrected chi connectivity index (χ1v) is 10.5. The Balaban J connectivity index is 1.63. The van der Waals surface area contributed by atoms with Crippen LogP contribution in [0.4, 0.5) is 24.5 Å². The molecule has 13 heteroatoms. The molecular weight excluding hydrogens is 461 g/mol. The maximum Gasteiger partial charge on any atom is 0.453 e. The molecule has 0 unspecified atom stereocenters. The van der Waals surface area contributed by atoms with Gasteiger partial charge in [0.1, 0.15) is 5.75 Å². The van der Waals surface area contributed by atoms with E-state index in [4.69, 9.17) is 10.6 Å². The van der Waals surface area contributed by atoms with E-state index in [1.54, 1.807) is 36.4 Å². The highest BCUT2D eigenvalue weighted by Gasteiger charge is 2.38. The second-order valence-electron chi connectivity index (χ2n) is 6.47. The van der Waals surface area contributed by atoms with Crippen molar-refractivity contribution < 1.29 is 27.5 Å². The van der Waals surface area contributed by atoms with Crippen LogP contribution in [0, 0.1) is 0 Å². The fourth-order valence-electron chi connectivity index (χ4n) is 2.67. The molecule has 0 fully saturated rings. The van der Waals surface area contributed by atoms with Crippen LogP contribution >= 0.6 is 11.8 Å². The quantitative estimate of drug-likeness (QED) is 0.333. The van der Waals surface area contributed by atoms with E-state index in [-0.39, 0.29) is 26.8 Å². The number of rotatable bonds is 8. The summed E-state index contributed by atoms with van der Waals surface area (Å²) in [5.74, 6) is 3.31. The van der Waals surface area contributed by atoms with Gasteiger partial charge in [-0.25, -0.2) is 4.68 Å². The average molecular weight is 480 g/mol. The molecule has 0 spiro atoms. The van der Waals surface area contributed by atoms with Crippen molar-refractivity contribution in [3.63, 3.8) is 0 Å². The number of hydrogen-bond acceptors (Lipinski definition) is 7. The van der Waals surface area contributed by atoms with Crippen molar-refractivity contribution in [1.29, 1.82) is 0 Å². The number of hydrogen-bond donors (Lipinski definition) is 3. The van der Waals surface area contributed by atoms with Crippen molar-refractivity contribution in [1.82, 2.24) is 14.9 Å². The minimum Gasteiger partial charge on any atom is -0.494 e. The minimum absolute atomic E-state index is 0.200. The number of carbonyl (C=O) groups is 2. The Bertz CT molecular complexity index is 1130. The van der Waals surface area contributed by atoms with E-state index in [9.17, 15) is 22.8 Å². The molecule has 2 aromatic carbocycles. The number of halogens is 3. The van der Waals surface area contributed by atoms with Crippen LogP contribution in [0.15, 0.2) is 53.7 Å². The lowest BCUT2D eigenvalue weighted by molar-refractivity contribution is -0.146. The fraction of sp³-hybridized carbons (Fsp3) is 0.200. The number of thioether (sulfide) groups is 1. The van der Waals surface area contributed by atoms with Crippen LogP contribution in [-0.2, 0) is 11.0 Å². The maximum absolute atomic E-state index is 12.7. The van der Waals surface area contributed by atoms with Crippen LogP contribution in [0.5, 0.6) is 5.75 Å². The summed E-state index contributed by atoms with van der Waals surface area (Å²) in [5.41, 5.74) is 0.964. The summed E-state index contributed by atoms with van der Waals surface area (Å²) in [7, 11) is 0. The number of nitrogens with one attached hydrogen (secondary N) is 2. The largest absolute Gasteiger partial charge is 0.494 e. The molecule has 33 heavy (non-hydrogen) atoms. The Morgan fingerprint density at radius 3 is 2.42 bits per heavy atom. The molecule has 174 valence electrons. The summed E-state index contributed by atoms with van der Waals surface area (Å²) in [6.45, 7) is 2.38. The van der Waals surface area contributed by atoms with Crippen LogP contribution in [0.2, 0.25) is 0 Å². The molecule has 3 rings (SSSR count). The zero-order valence-electron chi connectivity index (χ0n) is 17.2. The number of nitrogens with two attached hydrogens (primary N) is 1. The minimum atomic E-state index is -4.77. The van der Waals surface area contributed by atoms with E-state index >= 15 is 0 Å². The number of carbonyl (C=O) groups excluding carboxylic acids is 2. The highest BCUT2D eigenvalue weighted by Crippen LogP contribution is 2.29. The second-order valence-corrected chi connectivity index (χ2v) is 7.41. The number of para-hydroxylation sites is 1. The van der Waals surface area contributed by atoms with E-state index in [1.807, 2.05) is 6.92 Å². The monoisotopic (exact) mass is 480 g/mol. The molecule has 0 radical (unpaired) electrons. The first kappa shape index (κ1) is 23.9. The number of anilines is 2. The Kier molecular flexibility index (Phi) is 7.43. The van der Waals surface area contributed by atoms with E-state index in [0.29, 0.717) is 29.8 Å². The second kappa shape index (κ2) is 10.3. The lowest BCUT2D eigenvalue weighted by Crippen LogP contribution is -2.22. The third-order valence-electron chi connectivity index (χ3n) is 4.12. The molecule has 0 saturated carbocycles. The molecule has 3 aromatic rings. The summed E-state index contributed by atoms with van der Waals surface area (Å²) in [6, 6.07) is 13.1. The summed E-state index contributed by atoms with van der Waals surface area (Å²) >= 11 is 0.673. The van der Waals surface area contributed by atoms with Crippen LogP contribution in [0.1, 0.15) is 23.1 Å². The van der Waals surface area contributed by atoms with Crippen molar-refractivity contribution in [2.45, 2.75) is 18.3 Å². The lowest BCUT2D eigenvalue weighted by Gasteiger charge is -2.12. The Labute approximate surface area is 190 Å². The topological polar surface area (TPSA) is 124 Å². The third-order valence-corrected chi connectivity index (χ3v) is 5.06. The van der Waals surface area contributed by atoms with Gasteiger partial charge >= 0.3 is 6.18 Å². The first-order valence-electron chi connectivity index (χ1n) is 9.52. The lowest BCUT2D eigenvalue weighted by atomic mass is 10.1.